The van der Waals surface area contributed by atoms with Crippen LogP contribution >= 0.6 is 22.9 Å². The van der Waals surface area contributed by atoms with Gasteiger partial charge in [-0.1, -0.05) is 11.6 Å². The number of fused-ring (bicyclic) bond motifs is 1. The number of carbonyl (C=O) groups excluding carboxylic acids is 1. The van der Waals surface area contributed by atoms with E-state index in [2.05, 4.69) is 10.3 Å². The van der Waals surface area contributed by atoms with Crippen molar-refractivity contribution in [3.8, 4) is 11.5 Å². The van der Waals surface area contributed by atoms with E-state index in [-0.39, 0.29) is 5.91 Å². The maximum atomic E-state index is 12.1. The van der Waals surface area contributed by atoms with Gasteiger partial charge < -0.3 is 20.5 Å². The Morgan fingerprint density at radius 1 is 1.38 bits per heavy atom. The van der Waals surface area contributed by atoms with Crippen molar-refractivity contribution in [1.29, 1.82) is 0 Å². The molecule has 0 bridgehead atoms. The van der Waals surface area contributed by atoms with Crippen LogP contribution in [0.5, 0.6) is 11.5 Å². The van der Waals surface area contributed by atoms with E-state index in [0.717, 1.165) is 0 Å². The molecular weight excluding hydrogens is 314 g/mol. The van der Waals surface area contributed by atoms with Crippen LogP contribution in [0.3, 0.4) is 0 Å². The number of aromatic nitrogens is 1. The van der Waals surface area contributed by atoms with Crippen LogP contribution < -0.4 is 20.5 Å². The van der Waals surface area contributed by atoms with Gasteiger partial charge in [0.1, 0.15) is 23.9 Å². The summed E-state index contributed by atoms with van der Waals surface area (Å²) < 4.78 is 10.9. The number of hydrogen-bond donors (Lipinski definition) is 2. The summed E-state index contributed by atoms with van der Waals surface area (Å²) in [6.07, 6.45) is 0. The number of thiazole rings is 1. The van der Waals surface area contributed by atoms with E-state index >= 15 is 0 Å². The van der Waals surface area contributed by atoms with Crippen molar-refractivity contribution in [2.45, 2.75) is 6.54 Å². The lowest BCUT2D eigenvalue weighted by Crippen LogP contribution is -2.17. The zero-order valence-electron chi connectivity index (χ0n) is 10.9. The molecule has 1 aliphatic rings. The minimum atomic E-state index is -0.343. The Morgan fingerprint density at radius 3 is 2.76 bits per heavy atom. The van der Waals surface area contributed by atoms with Crippen LogP contribution in [-0.4, -0.2) is 24.1 Å². The molecule has 0 saturated heterocycles. The van der Waals surface area contributed by atoms with Gasteiger partial charge in [-0.25, -0.2) is 4.98 Å². The van der Waals surface area contributed by atoms with Crippen molar-refractivity contribution in [3.05, 3.63) is 33.2 Å². The highest BCUT2D eigenvalue weighted by atomic mass is 35.5. The summed E-state index contributed by atoms with van der Waals surface area (Å²) >= 11 is 7.48. The van der Waals surface area contributed by atoms with Gasteiger partial charge >= 0.3 is 0 Å². The van der Waals surface area contributed by atoms with Gasteiger partial charge in [-0.3, -0.25) is 4.79 Å². The Morgan fingerprint density at radius 2 is 2.10 bits per heavy atom. The molecular formula is C13H12ClN3O3S. The number of nitrogens with one attached hydrogen (secondary N) is 1. The van der Waals surface area contributed by atoms with Gasteiger partial charge in [0.15, 0.2) is 11.5 Å². The second kappa shape index (κ2) is 5.88. The monoisotopic (exact) mass is 325 g/mol. The van der Waals surface area contributed by atoms with Gasteiger partial charge in [0.25, 0.3) is 5.91 Å². The van der Waals surface area contributed by atoms with Gasteiger partial charge in [0.05, 0.1) is 10.7 Å². The minimum absolute atomic E-state index is 0.308. The molecule has 3 rings (SSSR count). The van der Waals surface area contributed by atoms with Crippen LogP contribution in [0.15, 0.2) is 17.5 Å². The fourth-order valence-electron chi connectivity index (χ4n) is 1.86. The third-order valence-electron chi connectivity index (χ3n) is 2.84. The zero-order valence-corrected chi connectivity index (χ0v) is 12.5. The largest absolute Gasteiger partial charge is 0.486 e. The van der Waals surface area contributed by atoms with Crippen molar-refractivity contribution in [3.63, 3.8) is 0 Å². The summed E-state index contributed by atoms with van der Waals surface area (Å²) in [6.45, 7) is 1.26. The number of nitrogens with zero attached hydrogens (tertiary/aromatic N) is 1. The van der Waals surface area contributed by atoms with Crippen molar-refractivity contribution in [2.75, 3.05) is 18.5 Å². The molecule has 21 heavy (non-hydrogen) atoms. The topological polar surface area (TPSA) is 86.5 Å². The standard InChI is InChI=1S/C13H12ClN3O3S/c14-7-3-10-11(20-2-1-19-10)4-8(7)17-13(18)9-6-21-12(5-15)16-9/h3-4,6H,1-2,5,15H2,(H,17,18). The van der Waals surface area contributed by atoms with Crippen LogP contribution in [0.4, 0.5) is 5.69 Å². The molecule has 0 spiro atoms. The Labute approximate surface area is 129 Å². The number of nitrogens with two attached hydrogens (primary N) is 1. The molecule has 0 fully saturated rings. The second-order valence-corrected chi connectivity index (χ2v) is 5.61. The van der Waals surface area contributed by atoms with Crippen LogP contribution in [-0.2, 0) is 6.54 Å². The molecule has 0 unspecified atom stereocenters. The van der Waals surface area contributed by atoms with Gasteiger partial charge in [-0.05, 0) is 0 Å². The molecule has 8 heteroatoms. The number of anilines is 1. The predicted molar refractivity (Wildman–Crippen MR) is 80.4 cm³/mol. The molecule has 1 aromatic carbocycles. The first-order valence-corrected chi connectivity index (χ1v) is 7.48. The van der Waals surface area contributed by atoms with Gasteiger partial charge in [-0.15, -0.1) is 11.3 Å². The zero-order chi connectivity index (χ0) is 14.8. The predicted octanol–water partition coefficient (Wildman–Crippen LogP) is 2.28. The van der Waals surface area contributed by atoms with Gasteiger partial charge in [-0.2, -0.15) is 0 Å². The van der Waals surface area contributed by atoms with Crippen LogP contribution in [0.2, 0.25) is 5.02 Å². The second-order valence-electron chi connectivity index (χ2n) is 4.26. The minimum Gasteiger partial charge on any atom is -0.486 e. The lowest BCUT2D eigenvalue weighted by molar-refractivity contribution is 0.102. The molecule has 0 aliphatic carbocycles. The summed E-state index contributed by atoms with van der Waals surface area (Å²) in [5.41, 5.74) is 6.24. The summed E-state index contributed by atoms with van der Waals surface area (Å²) in [5.74, 6) is 0.787. The number of benzene rings is 1. The van der Waals surface area contributed by atoms with E-state index in [4.69, 9.17) is 26.8 Å². The molecule has 1 amide bonds. The molecule has 0 atom stereocenters. The van der Waals surface area contributed by atoms with Crippen molar-refractivity contribution >= 4 is 34.5 Å². The Kier molecular flexibility index (Phi) is 3.96. The SMILES string of the molecule is NCc1nc(C(=O)Nc2cc3c(cc2Cl)OCCO3)cs1. The molecule has 0 radical (unpaired) electrons. The van der Waals surface area contributed by atoms with E-state index in [1.165, 1.54) is 11.3 Å². The molecule has 2 aromatic rings. The summed E-state index contributed by atoms with van der Waals surface area (Å²) in [7, 11) is 0. The quantitative estimate of drug-likeness (QED) is 0.904. The molecule has 3 N–H and O–H groups in total. The third kappa shape index (κ3) is 2.94. The highest BCUT2D eigenvalue weighted by Gasteiger charge is 2.18. The number of hydrogen-bond acceptors (Lipinski definition) is 6. The van der Waals surface area contributed by atoms with Crippen molar-refractivity contribution in [2.24, 2.45) is 5.73 Å². The maximum absolute atomic E-state index is 12.1. The first-order chi connectivity index (χ1) is 10.2. The summed E-state index contributed by atoms with van der Waals surface area (Å²) in [5, 5.41) is 5.45. The number of amides is 1. The first kappa shape index (κ1) is 14.1. The highest BCUT2D eigenvalue weighted by Crippen LogP contribution is 2.38. The number of halogens is 1. The maximum Gasteiger partial charge on any atom is 0.275 e. The molecule has 0 saturated carbocycles. The molecule has 6 nitrogen and oxygen atoms in total. The van der Waals surface area contributed by atoms with Crippen LogP contribution in [0.25, 0.3) is 0 Å². The lowest BCUT2D eigenvalue weighted by atomic mass is 10.2. The molecule has 110 valence electrons. The first-order valence-electron chi connectivity index (χ1n) is 6.22. The number of carbonyl (C=O) groups is 1. The van der Waals surface area contributed by atoms with Crippen LogP contribution in [0, 0.1) is 0 Å². The number of ether oxygens (including phenoxy) is 2. The highest BCUT2D eigenvalue weighted by molar-refractivity contribution is 7.09. The van der Waals surface area contributed by atoms with Gasteiger partial charge in [0.2, 0.25) is 0 Å². The Hall–Kier alpha value is -1.83. The van der Waals surface area contributed by atoms with Gasteiger partial charge in [0, 0.05) is 24.1 Å². The normalized spacial score (nSPS) is 13.0. The average molecular weight is 326 g/mol. The summed E-state index contributed by atoms with van der Waals surface area (Å²) in [6, 6.07) is 3.27. The lowest BCUT2D eigenvalue weighted by Gasteiger charge is -2.19. The summed E-state index contributed by atoms with van der Waals surface area (Å²) in [4.78, 5) is 16.2. The van der Waals surface area contributed by atoms with E-state index in [1.54, 1.807) is 17.5 Å². The van der Waals surface area contributed by atoms with Crippen molar-refractivity contribution in [1.82, 2.24) is 4.98 Å². The molecule has 1 aliphatic heterocycles. The Bertz CT molecular complexity index is 689. The van der Waals surface area contributed by atoms with E-state index < -0.39 is 0 Å². The number of rotatable bonds is 3. The van der Waals surface area contributed by atoms with E-state index in [1.807, 2.05) is 0 Å². The fourth-order valence-corrected chi connectivity index (χ4v) is 2.71. The van der Waals surface area contributed by atoms with Crippen molar-refractivity contribution < 1.29 is 14.3 Å². The molecule has 2 heterocycles. The third-order valence-corrected chi connectivity index (χ3v) is 4.02. The van der Waals surface area contributed by atoms with Crippen LogP contribution in [0.1, 0.15) is 15.5 Å². The van der Waals surface area contributed by atoms with E-state index in [0.29, 0.717) is 52.7 Å². The Balaban J connectivity index is 1.82. The fraction of sp³-hybridized carbons (Fsp3) is 0.231. The van der Waals surface area contributed by atoms with E-state index in [9.17, 15) is 4.79 Å². The smallest absolute Gasteiger partial charge is 0.275 e. The average Bonchev–Trinajstić information content (AvgIpc) is 2.97. The molecule has 1 aromatic heterocycles.